The molecule has 2 nitrogen and oxygen atoms in total. The van der Waals surface area contributed by atoms with Crippen LogP contribution in [0.3, 0.4) is 0 Å². The SMILES string of the molecule is COc1ccc([C@H](CN)c2ccccc2)cc1. The van der Waals surface area contributed by atoms with E-state index in [1.807, 2.05) is 30.3 Å². The Balaban J connectivity index is 2.29. The van der Waals surface area contributed by atoms with Crippen LogP contribution in [0.25, 0.3) is 0 Å². The van der Waals surface area contributed by atoms with Crippen molar-refractivity contribution in [1.29, 1.82) is 0 Å². The molecule has 0 aromatic heterocycles. The lowest BCUT2D eigenvalue weighted by Gasteiger charge is -2.16. The second kappa shape index (κ2) is 5.51. The van der Waals surface area contributed by atoms with E-state index in [4.69, 9.17) is 10.5 Å². The molecule has 2 N–H and O–H groups in total. The molecular weight excluding hydrogens is 210 g/mol. The number of rotatable bonds is 4. The molecule has 0 radical (unpaired) electrons. The molecule has 0 saturated heterocycles. The zero-order valence-corrected chi connectivity index (χ0v) is 9.97. The Morgan fingerprint density at radius 2 is 1.53 bits per heavy atom. The maximum Gasteiger partial charge on any atom is 0.118 e. The summed E-state index contributed by atoms with van der Waals surface area (Å²) in [5, 5.41) is 0. The topological polar surface area (TPSA) is 35.2 Å². The maximum absolute atomic E-state index is 5.88. The normalized spacial score (nSPS) is 12.1. The Kier molecular flexibility index (Phi) is 3.78. The van der Waals surface area contributed by atoms with Crippen molar-refractivity contribution in [2.75, 3.05) is 13.7 Å². The summed E-state index contributed by atoms with van der Waals surface area (Å²) in [6.45, 7) is 0.607. The van der Waals surface area contributed by atoms with E-state index in [1.165, 1.54) is 11.1 Å². The van der Waals surface area contributed by atoms with Crippen LogP contribution in [0.1, 0.15) is 17.0 Å². The van der Waals surface area contributed by atoms with Gasteiger partial charge in [0.05, 0.1) is 7.11 Å². The van der Waals surface area contributed by atoms with Gasteiger partial charge in [-0.05, 0) is 23.3 Å². The second-order valence-corrected chi connectivity index (χ2v) is 3.97. The highest BCUT2D eigenvalue weighted by atomic mass is 16.5. The first-order valence-electron chi connectivity index (χ1n) is 5.74. The smallest absolute Gasteiger partial charge is 0.118 e. The number of hydrogen-bond donors (Lipinski definition) is 1. The molecule has 2 rings (SSSR count). The van der Waals surface area contributed by atoms with E-state index in [0.717, 1.165) is 5.75 Å². The van der Waals surface area contributed by atoms with Gasteiger partial charge < -0.3 is 10.5 Å². The first-order chi connectivity index (χ1) is 8.35. The van der Waals surface area contributed by atoms with Crippen LogP contribution in [0.5, 0.6) is 5.75 Å². The standard InChI is InChI=1S/C15H17NO/c1-17-14-9-7-13(8-10-14)15(11-16)12-5-3-2-4-6-12/h2-10,15H,11,16H2,1H3/t15-/m1/s1. The van der Waals surface area contributed by atoms with Crippen molar-refractivity contribution >= 4 is 0 Å². The first kappa shape index (κ1) is 11.7. The predicted molar refractivity (Wildman–Crippen MR) is 70.3 cm³/mol. The van der Waals surface area contributed by atoms with Gasteiger partial charge in [-0.2, -0.15) is 0 Å². The zero-order valence-electron chi connectivity index (χ0n) is 9.97. The second-order valence-electron chi connectivity index (χ2n) is 3.97. The Bertz CT molecular complexity index is 450. The molecule has 0 aliphatic heterocycles. The Morgan fingerprint density at radius 3 is 2.06 bits per heavy atom. The lowest BCUT2D eigenvalue weighted by molar-refractivity contribution is 0.414. The van der Waals surface area contributed by atoms with E-state index in [0.29, 0.717) is 6.54 Å². The van der Waals surface area contributed by atoms with Gasteiger partial charge in [0.1, 0.15) is 5.75 Å². The van der Waals surface area contributed by atoms with Gasteiger partial charge in [-0.3, -0.25) is 0 Å². The highest BCUT2D eigenvalue weighted by molar-refractivity contribution is 5.36. The summed E-state index contributed by atoms with van der Waals surface area (Å²) in [5.74, 6) is 1.12. The highest BCUT2D eigenvalue weighted by Gasteiger charge is 2.11. The molecular formula is C15H17NO. The number of nitrogens with two attached hydrogens (primary N) is 1. The summed E-state index contributed by atoms with van der Waals surface area (Å²) in [5.41, 5.74) is 8.35. The number of methoxy groups -OCH3 is 1. The largest absolute Gasteiger partial charge is 0.497 e. The number of hydrogen-bond acceptors (Lipinski definition) is 2. The van der Waals surface area contributed by atoms with Gasteiger partial charge in [0.25, 0.3) is 0 Å². The number of benzene rings is 2. The summed E-state index contributed by atoms with van der Waals surface area (Å²) in [4.78, 5) is 0. The average Bonchev–Trinajstić information content (AvgIpc) is 2.42. The molecule has 2 aromatic rings. The van der Waals surface area contributed by atoms with Crippen LogP contribution in [0, 0.1) is 0 Å². The van der Waals surface area contributed by atoms with Gasteiger partial charge >= 0.3 is 0 Å². The van der Waals surface area contributed by atoms with Crippen LogP contribution in [-0.4, -0.2) is 13.7 Å². The Hall–Kier alpha value is -1.80. The van der Waals surface area contributed by atoms with Crippen molar-refractivity contribution < 1.29 is 4.74 Å². The van der Waals surface area contributed by atoms with E-state index < -0.39 is 0 Å². The van der Waals surface area contributed by atoms with Crippen LogP contribution in [0.4, 0.5) is 0 Å². The monoisotopic (exact) mass is 227 g/mol. The lowest BCUT2D eigenvalue weighted by atomic mass is 9.91. The van der Waals surface area contributed by atoms with E-state index in [1.54, 1.807) is 7.11 Å². The molecule has 1 atom stereocenters. The molecule has 0 spiro atoms. The van der Waals surface area contributed by atoms with E-state index in [-0.39, 0.29) is 5.92 Å². The average molecular weight is 227 g/mol. The summed E-state index contributed by atoms with van der Waals surface area (Å²) >= 11 is 0. The molecule has 0 aliphatic carbocycles. The maximum atomic E-state index is 5.88. The van der Waals surface area contributed by atoms with Crippen molar-refractivity contribution in [3.05, 3.63) is 65.7 Å². The van der Waals surface area contributed by atoms with Crippen molar-refractivity contribution in [3.63, 3.8) is 0 Å². The Labute approximate surface area is 102 Å². The summed E-state index contributed by atoms with van der Waals surface area (Å²) in [6.07, 6.45) is 0. The quantitative estimate of drug-likeness (QED) is 0.871. The fourth-order valence-corrected chi connectivity index (χ4v) is 1.99. The van der Waals surface area contributed by atoms with E-state index >= 15 is 0 Å². The molecule has 0 amide bonds. The molecule has 0 heterocycles. The molecule has 2 heteroatoms. The zero-order chi connectivity index (χ0) is 12.1. The van der Waals surface area contributed by atoms with Crippen molar-refractivity contribution in [2.24, 2.45) is 5.73 Å². The van der Waals surface area contributed by atoms with Gasteiger partial charge in [0.2, 0.25) is 0 Å². The molecule has 17 heavy (non-hydrogen) atoms. The molecule has 2 aromatic carbocycles. The van der Waals surface area contributed by atoms with Gasteiger partial charge in [-0.1, -0.05) is 42.5 Å². The fraction of sp³-hybridized carbons (Fsp3) is 0.200. The van der Waals surface area contributed by atoms with Gasteiger partial charge in [-0.15, -0.1) is 0 Å². The minimum absolute atomic E-state index is 0.252. The molecule has 88 valence electrons. The summed E-state index contributed by atoms with van der Waals surface area (Å²) < 4.78 is 5.16. The predicted octanol–water partition coefficient (Wildman–Crippen LogP) is 2.79. The van der Waals surface area contributed by atoms with Crippen LogP contribution >= 0.6 is 0 Å². The van der Waals surface area contributed by atoms with Crippen molar-refractivity contribution in [2.45, 2.75) is 5.92 Å². The van der Waals surface area contributed by atoms with Crippen molar-refractivity contribution in [1.82, 2.24) is 0 Å². The van der Waals surface area contributed by atoms with Gasteiger partial charge in [0, 0.05) is 12.5 Å². The van der Waals surface area contributed by atoms with Gasteiger partial charge in [0.15, 0.2) is 0 Å². The highest BCUT2D eigenvalue weighted by Crippen LogP contribution is 2.25. The van der Waals surface area contributed by atoms with Gasteiger partial charge in [-0.25, -0.2) is 0 Å². The third kappa shape index (κ3) is 2.66. The lowest BCUT2D eigenvalue weighted by Crippen LogP contribution is -2.13. The molecule has 0 fully saturated rings. The Morgan fingerprint density at radius 1 is 0.941 bits per heavy atom. The molecule has 0 aliphatic rings. The minimum atomic E-state index is 0.252. The molecule has 0 saturated carbocycles. The summed E-state index contributed by atoms with van der Waals surface area (Å²) in [7, 11) is 1.67. The number of ether oxygens (including phenoxy) is 1. The van der Waals surface area contributed by atoms with Crippen molar-refractivity contribution in [3.8, 4) is 5.75 Å². The van der Waals surface area contributed by atoms with Crippen LogP contribution < -0.4 is 10.5 Å². The van der Waals surface area contributed by atoms with E-state index in [2.05, 4.69) is 24.3 Å². The third-order valence-electron chi connectivity index (χ3n) is 2.96. The fourth-order valence-electron chi connectivity index (χ4n) is 1.99. The van der Waals surface area contributed by atoms with E-state index in [9.17, 15) is 0 Å². The first-order valence-corrected chi connectivity index (χ1v) is 5.74. The van der Waals surface area contributed by atoms with Crippen LogP contribution in [0.2, 0.25) is 0 Å². The molecule has 0 bridgehead atoms. The minimum Gasteiger partial charge on any atom is -0.497 e. The molecule has 0 unspecified atom stereocenters. The third-order valence-corrected chi connectivity index (χ3v) is 2.96. The van der Waals surface area contributed by atoms with Crippen LogP contribution in [0.15, 0.2) is 54.6 Å². The van der Waals surface area contributed by atoms with Crippen LogP contribution in [-0.2, 0) is 0 Å². The summed E-state index contributed by atoms with van der Waals surface area (Å²) in [6, 6.07) is 18.4.